The van der Waals surface area contributed by atoms with Crippen molar-refractivity contribution in [2.24, 2.45) is 0 Å². The van der Waals surface area contributed by atoms with Gasteiger partial charge >= 0.3 is 0 Å². The maximum absolute atomic E-state index is 13.1. The van der Waals surface area contributed by atoms with Gasteiger partial charge in [0, 0.05) is 12.2 Å². The number of amides is 1. The summed E-state index contributed by atoms with van der Waals surface area (Å²) in [6, 6.07) is 13.0. The van der Waals surface area contributed by atoms with Crippen molar-refractivity contribution in [3.63, 3.8) is 0 Å². The summed E-state index contributed by atoms with van der Waals surface area (Å²) < 4.78 is 26.0. The zero-order valence-electron chi connectivity index (χ0n) is 13.3. The molecule has 132 valence electrons. The lowest BCUT2D eigenvalue weighted by molar-refractivity contribution is 0.0945. The van der Waals surface area contributed by atoms with Crippen LogP contribution >= 0.6 is 11.6 Å². The Bertz CT molecular complexity index is 917. The predicted molar refractivity (Wildman–Crippen MR) is 94.3 cm³/mol. The van der Waals surface area contributed by atoms with E-state index in [1.54, 1.807) is 18.2 Å². The van der Waals surface area contributed by atoms with E-state index in [1.807, 2.05) is 0 Å². The molecule has 0 atom stereocenters. The first-order valence-corrected chi connectivity index (χ1v) is 7.97. The number of halogens is 3. The van der Waals surface area contributed by atoms with Gasteiger partial charge in [-0.3, -0.25) is 4.79 Å². The van der Waals surface area contributed by atoms with Crippen molar-refractivity contribution in [3.05, 3.63) is 82.5 Å². The molecular formula is C18H13ClF2N4O. The average Bonchev–Trinajstić information content (AvgIpc) is 2.65. The highest BCUT2D eigenvalue weighted by Gasteiger charge is 2.09. The van der Waals surface area contributed by atoms with Gasteiger partial charge in [-0.05, 0) is 48.0 Å². The SMILES string of the molecule is O=C(NCc1ccc(F)cc1)c1ccc(Nc2ccc(F)c(Cl)c2)nn1. The van der Waals surface area contributed by atoms with Gasteiger partial charge < -0.3 is 10.6 Å². The number of hydrogen-bond acceptors (Lipinski definition) is 4. The molecule has 0 saturated carbocycles. The quantitative estimate of drug-likeness (QED) is 0.706. The largest absolute Gasteiger partial charge is 0.347 e. The summed E-state index contributed by atoms with van der Waals surface area (Å²) in [7, 11) is 0. The third-order valence-corrected chi connectivity index (χ3v) is 3.75. The molecule has 3 aromatic rings. The van der Waals surface area contributed by atoms with E-state index in [0.29, 0.717) is 11.5 Å². The molecule has 3 rings (SSSR count). The van der Waals surface area contributed by atoms with E-state index in [4.69, 9.17) is 11.6 Å². The first kappa shape index (κ1) is 17.8. The fourth-order valence-electron chi connectivity index (χ4n) is 2.12. The molecule has 8 heteroatoms. The lowest BCUT2D eigenvalue weighted by atomic mass is 10.2. The third-order valence-electron chi connectivity index (χ3n) is 3.46. The van der Waals surface area contributed by atoms with Gasteiger partial charge in [0.15, 0.2) is 11.5 Å². The molecule has 1 aromatic heterocycles. The summed E-state index contributed by atoms with van der Waals surface area (Å²) >= 11 is 5.72. The minimum absolute atomic E-state index is 0.0141. The van der Waals surface area contributed by atoms with E-state index in [-0.39, 0.29) is 23.1 Å². The van der Waals surface area contributed by atoms with Crippen LogP contribution in [0.5, 0.6) is 0 Å². The molecule has 5 nitrogen and oxygen atoms in total. The zero-order valence-corrected chi connectivity index (χ0v) is 14.1. The number of nitrogens with zero attached hydrogens (tertiary/aromatic N) is 2. The number of hydrogen-bond donors (Lipinski definition) is 2. The van der Waals surface area contributed by atoms with Crippen molar-refractivity contribution in [1.82, 2.24) is 15.5 Å². The monoisotopic (exact) mass is 374 g/mol. The number of carbonyl (C=O) groups is 1. The molecule has 2 aromatic carbocycles. The van der Waals surface area contributed by atoms with Crippen LogP contribution in [-0.2, 0) is 6.54 Å². The zero-order chi connectivity index (χ0) is 18.5. The normalized spacial score (nSPS) is 10.4. The maximum atomic E-state index is 13.1. The first-order valence-electron chi connectivity index (χ1n) is 7.60. The van der Waals surface area contributed by atoms with E-state index in [2.05, 4.69) is 20.8 Å². The van der Waals surface area contributed by atoms with E-state index in [9.17, 15) is 13.6 Å². The van der Waals surface area contributed by atoms with Gasteiger partial charge in [0.2, 0.25) is 0 Å². The molecule has 0 aliphatic heterocycles. The topological polar surface area (TPSA) is 66.9 Å². The number of rotatable bonds is 5. The number of anilines is 2. The molecule has 1 amide bonds. The van der Waals surface area contributed by atoms with Crippen LogP contribution in [0.1, 0.15) is 16.1 Å². The molecule has 0 aliphatic rings. The minimum atomic E-state index is -0.517. The van der Waals surface area contributed by atoms with Gasteiger partial charge in [0.1, 0.15) is 11.6 Å². The van der Waals surface area contributed by atoms with Crippen LogP contribution in [0.25, 0.3) is 0 Å². The summed E-state index contributed by atoms with van der Waals surface area (Å²) in [5.41, 5.74) is 1.44. The highest BCUT2D eigenvalue weighted by atomic mass is 35.5. The summed E-state index contributed by atoms with van der Waals surface area (Å²) in [6.07, 6.45) is 0. The fraction of sp³-hybridized carbons (Fsp3) is 0.0556. The highest BCUT2D eigenvalue weighted by Crippen LogP contribution is 2.21. The molecule has 1 heterocycles. The second-order valence-corrected chi connectivity index (χ2v) is 5.77. The average molecular weight is 375 g/mol. The second-order valence-electron chi connectivity index (χ2n) is 5.37. The molecule has 0 fully saturated rings. The van der Waals surface area contributed by atoms with Gasteiger partial charge in [-0.1, -0.05) is 23.7 Å². The number of aromatic nitrogens is 2. The maximum Gasteiger partial charge on any atom is 0.272 e. The van der Waals surface area contributed by atoms with Crippen molar-refractivity contribution in [3.8, 4) is 0 Å². The Balaban J connectivity index is 1.60. The Hall–Kier alpha value is -3.06. The third kappa shape index (κ3) is 4.52. The molecule has 0 bridgehead atoms. The predicted octanol–water partition coefficient (Wildman–Crippen LogP) is 4.08. The van der Waals surface area contributed by atoms with Crippen LogP contribution in [0.4, 0.5) is 20.3 Å². The van der Waals surface area contributed by atoms with Gasteiger partial charge in [0.05, 0.1) is 5.02 Å². The highest BCUT2D eigenvalue weighted by molar-refractivity contribution is 6.31. The fourth-order valence-corrected chi connectivity index (χ4v) is 2.30. The molecule has 0 radical (unpaired) electrons. The molecule has 0 saturated heterocycles. The standard InChI is InChI=1S/C18H13ClF2N4O/c19-14-9-13(5-6-15(14)21)23-17-8-7-16(24-25-17)18(26)22-10-11-1-3-12(20)4-2-11/h1-9H,10H2,(H,22,26)(H,23,25). The smallest absolute Gasteiger partial charge is 0.272 e. The Morgan fingerprint density at radius 1 is 1.00 bits per heavy atom. The molecule has 2 N–H and O–H groups in total. The van der Waals surface area contributed by atoms with Crippen molar-refractivity contribution >= 4 is 29.0 Å². The van der Waals surface area contributed by atoms with E-state index >= 15 is 0 Å². The summed E-state index contributed by atoms with van der Waals surface area (Å²) in [6.45, 7) is 0.245. The molecule has 0 spiro atoms. The summed E-state index contributed by atoms with van der Waals surface area (Å²) in [4.78, 5) is 12.1. The lowest BCUT2D eigenvalue weighted by Crippen LogP contribution is -2.24. The first-order chi connectivity index (χ1) is 12.5. The van der Waals surface area contributed by atoms with Crippen LogP contribution < -0.4 is 10.6 Å². The van der Waals surface area contributed by atoms with Crippen LogP contribution in [-0.4, -0.2) is 16.1 Å². The van der Waals surface area contributed by atoms with Crippen molar-refractivity contribution in [1.29, 1.82) is 0 Å². The Morgan fingerprint density at radius 2 is 1.77 bits per heavy atom. The van der Waals surface area contributed by atoms with Crippen LogP contribution in [0.15, 0.2) is 54.6 Å². The van der Waals surface area contributed by atoms with Crippen molar-refractivity contribution < 1.29 is 13.6 Å². The molecule has 0 unspecified atom stereocenters. The van der Waals surface area contributed by atoms with E-state index < -0.39 is 11.7 Å². The van der Waals surface area contributed by atoms with Gasteiger partial charge in [-0.15, -0.1) is 10.2 Å². The van der Waals surface area contributed by atoms with Crippen molar-refractivity contribution in [2.45, 2.75) is 6.54 Å². The van der Waals surface area contributed by atoms with E-state index in [1.165, 1.54) is 36.4 Å². The van der Waals surface area contributed by atoms with Crippen LogP contribution in [0, 0.1) is 11.6 Å². The summed E-state index contributed by atoms with van der Waals surface area (Å²) in [5, 5.41) is 13.3. The number of nitrogens with one attached hydrogen (secondary N) is 2. The van der Waals surface area contributed by atoms with E-state index in [0.717, 1.165) is 5.56 Å². The molecule has 26 heavy (non-hydrogen) atoms. The van der Waals surface area contributed by atoms with Crippen LogP contribution in [0.3, 0.4) is 0 Å². The Morgan fingerprint density at radius 3 is 2.42 bits per heavy atom. The lowest BCUT2D eigenvalue weighted by Gasteiger charge is -2.07. The number of benzene rings is 2. The number of carbonyl (C=O) groups excluding carboxylic acids is 1. The molecular weight excluding hydrogens is 362 g/mol. The second kappa shape index (κ2) is 7.88. The molecule has 0 aliphatic carbocycles. The van der Waals surface area contributed by atoms with Gasteiger partial charge in [-0.25, -0.2) is 8.78 Å². The van der Waals surface area contributed by atoms with Crippen LogP contribution in [0.2, 0.25) is 5.02 Å². The Kier molecular flexibility index (Phi) is 5.38. The van der Waals surface area contributed by atoms with Gasteiger partial charge in [-0.2, -0.15) is 0 Å². The van der Waals surface area contributed by atoms with Gasteiger partial charge in [0.25, 0.3) is 5.91 Å². The minimum Gasteiger partial charge on any atom is -0.347 e. The van der Waals surface area contributed by atoms with Crippen molar-refractivity contribution in [2.75, 3.05) is 5.32 Å². The summed E-state index contributed by atoms with van der Waals surface area (Å²) in [5.74, 6) is -0.881. The Labute approximate surface area is 153 Å².